The molecule has 0 aromatic carbocycles. The fourth-order valence-corrected chi connectivity index (χ4v) is 0.991. The molecule has 0 aliphatic heterocycles. The standard InChI is InChI=1S/C8H15NO4S/c1-6(10)9-7(5-14)8(11)13-4-3-12-2/h7,14H,3-5H2,1-2H3,(H,9,10). The molecule has 1 unspecified atom stereocenters. The summed E-state index contributed by atoms with van der Waals surface area (Å²) in [6, 6.07) is -0.687. The normalized spacial score (nSPS) is 11.9. The Hall–Kier alpha value is -0.750. The van der Waals surface area contributed by atoms with Crippen LogP contribution in [0.3, 0.4) is 0 Å². The number of rotatable bonds is 6. The highest BCUT2D eigenvalue weighted by molar-refractivity contribution is 7.80. The van der Waals surface area contributed by atoms with Gasteiger partial charge in [-0.05, 0) is 0 Å². The molecule has 0 aromatic heterocycles. The number of methoxy groups -OCH3 is 1. The molecule has 0 spiro atoms. The van der Waals surface area contributed by atoms with E-state index in [2.05, 4.69) is 17.9 Å². The minimum Gasteiger partial charge on any atom is -0.462 e. The Morgan fingerprint density at radius 3 is 2.50 bits per heavy atom. The second-order valence-corrected chi connectivity index (χ2v) is 2.96. The van der Waals surface area contributed by atoms with Crippen LogP contribution in [0.25, 0.3) is 0 Å². The first-order valence-electron chi connectivity index (χ1n) is 4.15. The summed E-state index contributed by atoms with van der Waals surface area (Å²) < 4.78 is 9.51. The van der Waals surface area contributed by atoms with Crippen molar-refractivity contribution in [3.8, 4) is 0 Å². The summed E-state index contributed by atoms with van der Waals surface area (Å²) in [7, 11) is 1.51. The maximum atomic E-state index is 11.2. The first kappa shape index (κ1) is 13.2. The van der Waals surface area contributed by atoms with Crippen molar-refractivity contribution in [3.05, 3.63) is 0 Å². The summed E-state index contributed by atoms with van der Waals surface area (Å²) >= 11 is 3.93. The largest absolute Gasteiger partial charge is 0.462 e. The van der Waals surface area contributed by atoms with Crippen LogP contribution in [0, 0.1) is 0 Å². The molecule has 82 valence electrons. The van der Waals surface area contributed by atoms with Gasteiger partial charge in [-0.2, -0.15) is 12.6 Å². The van der Waals surface area contributed by atoms with Crippen molar-refractivity contribution in [2.24, 2.45) is 0 Å². The van der Waals surface area contributed by atoms with Crippen LogP contribution < -0.4 is 5.32 Å². The minimum atomic E-state index is -0.687. The third-order valence-corrected chi connectivity index (χ3v) is 1.74. The number of esters is 1. The molecule has 0 aliphatic carbocycles. The molecule has 0 saturated heterocycles. The van der Waals surface area contributed by atoms with Gasteiger partial charge in [-0.15, -0.1) is 0 Å². The molecule has 0 bridgehead atoms. The predicted molar refractivity (Wildman–Crippen MR) is 54.3 cm³/mol. The fourth-order valence-electron chi connectivity index (χ4n) is 0.751. The highest BCUT2D eigenvalue weighted by Gasteiger charge is 2.18. The lowest BCUT2D eigenvalue weighted by Crippen LogP contribution is -2.42. The van der Waals surface area contributed by atoms with Gasteiger partial charge in [0.05, 0.1) is 6.61 Å². The van der Waals surface area contributed by atoms with Crippen molar-refractivity contribution < 1.29 is 19.1 Å². The van der Waals surface area contributed by atoms with Gasteiger partial charge in [-0.3, -0.25) is 4.79 Å². The van der Waals surface area contributed by atoms with Gasteiger partial charge < -0.3 is 14.8 Å². The van der Waals surface area contributed by atoms with Crippen molar-refractivity contribution >= 4 is 24.5 Å². The topological polar surface area (TPSA) is 64.6 Å². The molecule has 0 heterocycles. The maximum Gasteiger partial charge on any atom is 0.329 e. The molecule has 1 amide bonds. The highest BCUT2D eigenvalue weighted by atomic mass is 32.1. The van der Waals surface area contributed by atoms with Crippen LogP contribution in [0.4, 0.5) is 0 Å². The smallest absolute Gasteiger partial charge is 0.329 e. The molecule has 0 fully saturated rings. The van der Waals surface area contributed by atoms with Crippen molar-refractivity contribution in [2.75, 3.05) is 26.1 Å². The Bertz CT molecular complexity index is 198. The average Bonchev–Trinajstić information content (AvgIpc) is 2.14. The van der Waals surface area contributed by atoms with Crippen LogP contribution in [0.15, 0.2) is 0 Å². The lowest BCUT2D eigenvalue weighted by molar-refractivity contribution is -0.148. The van der Waals surface area contributed by atoms with Gasteiger partial charge in [0.2, 0.25) is 5.91 Å². The zero-order valence-electron chi connectivity index (χ0n) is 8.28. The molecule has 14 heavy (non-hydrogen) atoms. The first-order valence-corrected chi connectivity index (χ1v) is 4.78. The Balaban J connectivity index is 3.85. The van der Waals surface area contributed by atoms with Crippen molar-refractivity contribution in [3.63, 3.8) is 0 Å². The van der Waals surface area contributed by atoms with Gasteiger partial charge in [0.25, 0.3) is 0 Å². The SMILES string of the molecule is COCCOC(=O)C(CS)NC(C)=O. The maximum absolute atomic E-state index is 11.2. The number of carbonyl (C=O) groups is 2. The van der Waals surface area contributed by atoms with Crippen molar-refractivity contribution in [1.82, 2.24) is 5.32 Å². The summed E-state index contributed by atoms with van der Waals surface area (Å²) in [6.07, 6.45) is 0. The summed E-state index contributed by atoms with van der Waals surface area (Å²) in [4.78, 5) is 21.9. The molecule has 5 nitrogen and oxygen atoms in total. The third kappa shape index (κ3) is 5.82. The molecule has 0 aliphatic rings. The van der Waals surface area contributed by atoms with E-state index in [-0.39, 0.29) is 18.3 Å². The first-order chi connectivity index (χ1) is 6.61. The molecular weight excluding hydrogens is 206 g/mol. The van der Waals surface area contributed by atoms with E-state index >= 15 is 0 Å². The molecule has 6 heteroatoms. The Kier molecular flexibility index (Phi) is 7.23. The van der Waals surface area contributed by atoms with Crippen LogP contribution in [-0.4, -0.2) is 44.0 Å². The van der Waals surface area contributed by atoms with Crippen LogP contribution >= 0.6 is 12.6 Å². The molecular formula is C8H15NO4S. The van der Waals surface area contributed by atoms with E-state index in [0.717, 1.165) is 0 Å². The van der Waals surface area contributed by atoms with Crippen molar-refractivity contribution in [2.45, 2.75) is 13.0 Å². The van der Waals surface area contributed by atoms with Crippen LogP contribution in [0.2, 0.25) is 0 Å². The summed E-state index contributed by atoms with van der Waals surface area (Å²) in [6.45, 7) is 1.85. The lowest BCUT2D eigenvalue weighted by Gasteiger charge is -2.13. The van der Waals surface area contributed by atoms with E-state index < -0.39 is 12.0 Å². The number of hydrogen-bond acceptors (Lipinski definition) is 5. The van der Waals surface area contributed by atoms with Gasteiger partial charge >= 0.3 is 5.97 Å². The minimum absolute atomic E-state index is 0.180. The molecule has 0 aromatic rings. The summed E-state index contributed by atoms with van der Waals surface area (Å²) in [5, 5.41) is 2.43. The zero-order valence-corrected chi connectivity index (χ0v) is 9.17. The summed E-state index contributed by atoms with van der Waals surface area (Å²) in [5.74, 6) is -0.564. The van der Waals surface area contributed by atoms with Crippen LogP contribution in [-0.2, 0) is 19.1 Å². The molecule has 0 saturated carbocycles. The van der Waals surface area contributed by atoms with E-state index in [1.165, 1.54) is 14.0 Å². The van der Waals surface area contributed by atoms with Crippen molar-refractivity contribution in [1.29, 1.82) is 0 Å². The molecule has 0 rings (SSSR count). The zero-order chi connectivity index (χ0) is 11.0. The van der Waals surface area contributed by atoms with Gasteiger partial charge in [0.15, 0.2) is 0 Å². The van der Waals surface area contributed by atoms with Gasteiger partial charge in [0, 0.05) is 19.8 Å². The average molecular weight is 221 g/mol. The Labute approximate surface area is 88.5 Å². The van der Waals surface area contributed by atoms with Gasteiger partial charge in [-0.25, -0.2) is 4.79 Å². The third-order valence-electron chi connectivity index (χ3n) is 1.38. The second kappa shape index (κ2) is 7.64. The highest BCUT2D eigenvalue weighted by Crippen LogP contribution is 1.92. The predicted octanol–water partition coefficient (Wildman–Crippen LogP) is -0.390. The van der Waals surface area contributed by atoms with Crippen LogP contribution in [0.1, 0.15) is 6.92 Å². The number of hydrogen-bond donors (Lipinski definition) is 2. The van der Waals surface area contributed by atoms with E-state index in [0.29, 0.717) is 6.61 Å². The fraction of sp³-hybridized carbons (Fsp3) is 0.750. The quantitative estimate of drug-likeness (QED) is 0.364. The Morgan fingerprint density at radius 1 is 1.43 bits per heavy atom. The van der Waals surface area contributed by atoms with E-state index in [1.54, 1.807) is 0 Å². The van der Waals surface area contributed by atoms with E-state index in [1.807, 2.05) is 0 Å². The number of carbonyl (C=O) groups excluding carboxylic acids is 2. The van der Waals surface area contributed by atoms with Gasteiger partial charge in [-0.1, -0.05) is 0 Å². The summed E-state index contributed by atoms with van der Waals surface area (Å²) in [5.41, 5.74) is 0. The Morgan fingerprint density at radius 2 is 2.07 bits per heavy atom. The molecule has 0 radical (unpaired) electrons. The van der Waals surface area contributed by atoms with E-state index in [9.17, 15) is 9.59 Å². The lowest BCUT2D eigenvalue weighted by atomic mass is 10.3. The van der Waals surface area contributed by atoms with Crippen LogP contribution in [0.5, 0.6) is 0 Å². The monoisotopic (exact) mass is 221 g/mol. The molecule has 1 atom stereocenters. The number of ether oxygens (including phenoxy) is 2. The van der Waals surface area contributed by atoms with Gasteiger partial charge in [0.1, 0.15) is 12.6 Å². The number of amides is 1. The number of thiol groups is 1. The molecule has 1 N–H and O–H groups in total. The second-order valence-electron chi connectivity index (χ2n) is 2.60. The number of nitrogens with one attached hydrogen (secondary N) is 1. The van der Waals surface area contributed by atoms with E-state index in [4.69, 9.17) is 9.47 Å².